The van der Waals surface area contributed by atoms with Gasteiger partial charge in [0.15, 0.2) is 0 Å². The molecule has 1 amide bonds. The average Bonchev–Trinajstić information content (AvgIpc) is 2.35. The third-order valence-electron chi connectivity index (χ3n) is 2.83. The quantitative estimate of drug-likeness (QED) is 0.473. The second kappa shape index (κ2) is 5.94. The molecule has 102 valence electrons. The fourth-order valence-corrected chi connectivity index (χ4v) is 1.51. The van der Waals surface area contributed by atoms with Crippen LogP contribution in [-0.2, 0) is 16.1 Å². The van der Waals surface area contributed by atoms with Gasteiger partial charge in [0, 0.05) is 18.2 Å². The van der Waals surface area contributed by atoms with Crippen LogP contribution in [0.3, 0.4) is 0 Å². The van der Waals surface area contributed by atoms with E-state index in [1.165, 1.54) is 19.1 Å². The second-order valence-corrected chi connectivity index (χ2v) is 4.10. The molecule has 0 heterocycles. The minimum Gasteiger partial charge on any atom is -0.481 e. The summed E-state index contributed by atoms with van der Waals surface area (Å²) in [6, 6.07) is 4.54. The smallest absolute Gasteiger partial charge is 0.315 e. The SMILES string of the molecule is Cc1c(CNC(=O)C(C)C(=O)O)cccc1[N+](=O)[O-]. The summed E-state index contributed by atoms with van der Waals surface area (Å²) < 4.78 is 0. The van der Waals surface area contributed by atoms with Gasteiger partial charge < -0.3 is 10.4 Å². The number of hydrogen-bond acceptors (Lipinski definition) is 4. The van der Waals surface area contributed by atoms with E-state index in [4.69, 9.17) is 5.11 Å². The van der Waals surface area contributed by atoms with Gasteiger partial charge in [-0.05, 0) is 19.4 Å². The monoisotopic (exact) mass is 266 g/mol. The van der Waals surface area contributed by atoms with E-state index < -0.39 is 22.7 Å². The lowest BCUT2D eigenvalue weighted by Gasteiger charge is -2.10. The Bertz CT molecular complexity index is 527. The molecular weight excluding hydrogens is 252 g/mol. The topological polar surface area (TPSA) is 110 Å². The van der Waals surface area contributed by atoms with Gasteiger partial charge in [0.2, 0.25) is 5.91 Å². The number of carbonyl (C=O) groups excluding carboxylic acids is 1. The van der Waals surface area contributed by atoms with Crippen LogP contribution in [0.2, 0.25) is 0 Å². The molecule has 0 bridgehead atoms. The van der Waals surface area contributed by atoms with Crippen LogP contribution in [0.4, 0.5) is 5.69 Å². The van der Waals surface area contributed by atoms with Crippen molar-refractivity contribution in [3.63, 3.8) is 0 Å². The Morgan fingerprint density at radius 2 is 2.11 bits per heavy atom. The van der Waals surface area contributed by atoms with Crippen molar-refractivity contribution in [3.8, 4) is 0 Å². The number of aliphatic carboxylic acids is 1. The fraction of sp³-hybridized carbons (Fsp3) is 0.333. The van der Waals surface area contributed by atoms with Gasteiger partial charge in [0.1, 0.15) is 5.92 Å². The molecule has 0 radical (unpaired) electrons. The normalized spacial score (nSPS) is 11.7. The van der Waals surface area contributed by atoms with Gasteiger partial charge in [-0.1, -0.05) is 12.1 Å². The molecule has 7 heteroatoms. The Labute approximate surface area is 109 Å². The maximum absolute atomic E-state index is 11.5. The summed E-state index contributed by atoms with van der Waals surface area (Å²) in [6.07, 6.45) is 0. The number of nitrogens with one attached hydrogen (secondary N) is 1. The number of carboxylic acids is 1. The summed E-state index contributed by atoms with van der Waals surface area (Å²) in [5, 5.41) is 21.9. The number of hydrogen-bond donors (Lipinski definition) is 2. The molecule has 0 aliphatic heterocycles. The van der Waals surface area contributed by atoms with Crippen LogP contribution in [-0.4, -0.2) is 21.9 Å². The van der Waals surface area contributed by atoms with Crippen molar-refractivity contribution in [1.82, 2.24) is 5.32 Å². The number of nitrogens with zero attached hydrogens (tertiary/aromatic N) is 1. The van der Waals surface area contributed by atoms with Crippen molar-refractivity contribution in [2.45, 2.75) is 20.4 Å². The van der Waals surface area contributed by atoms with Crippen molar-refractivity contribution >= 4 is 17.6 Å². The highest BCUT2D eigenvalue weighted by atomic mass is 16.6. The molecule has 0 aromatic heterocycles. The zero-order valence-corrected chi connectivity index (χ0v) is 10.5. The lowest BCUT2D eigenvalue weighted by molar-refractivity contribution is -0.385. The van der Waals surface area contributed by atoms with Crippen molar-refractivity contribution in [1.29, 1.82) is 0 Å². The number of carboxylic acid groups (broad SMARTS) is 1. The molecule has 0 aliphatic rings. The minimum atomic E-state index is -1.21. The van der Waals surface area contributed by atoms with E-state index in [0.29, 0.717) is 11.1 Å². The Morgan fingerprint density at radius 1 is 1.47 bits per heavy atom. The number of carbonyl (C=O) groups is 2. The molecule has 7 nitrogen and oxygen atoms in total. The lowest BCUT2D eigenvalue weighted by atomic mass is 10.1. The predicted octanol–water partition coefficient (Wildman–Crippen LogP) is 1.24. The first-order chi connectivity index (χ1) is 8.84. The maximum atomic E-state index is 11.5. The van der Waals surface area contributed by atoms with E-state index in [9.17, 15) is 19.7 Å². The highest BCUT2D eigenvalue weighted by molar-refractivity contribution is 5.96. The van der Waals surface area contributed by atoms with Gasteiger partial charge in [0.25, 0.3) is 5.69 Å². The molecule has 1 rings (SSSR count). The Kier molecular flexibility index (Phi) is 4.57. The number of amides is 1. The number of nitro groups is 1. The van der Waals surface area contributed by atoms with E-state index in [-0.39, 0.29) is 12.2 Å². The van der Waals surface area contributed by atoms with Crippen LogP contribution in [0.15, 0.2) is 18.2 Å². The molecule has 0 fully saturated rings. The summed E-state index contributed by atoms with van der Waals surface area (Å²) in [6.45, 7) is 2.92. The molecule has 2 N–H and O–H groups in total. The number of benzene rings is 1. The summed E-state index contributed by atoms with van der Waals surface area (Å²) in [5.41, 5.74) is 1.01. The third kappa shape index (κ3) is 3.51. The summed E-state index contributed by atoms with van der Waals surface area (Å²) >= 11 is 0. The molecule has 1 aromatic carbocycles. The van der Waals surface area contributed by atoms with Crippen LogP contribution >= 0.6 is 0 Å². The van der Waals surface area contributed by atoms with E-state index in [0.717, 1.165) is 0 Å². The number of nitro benzene ring substituents is 1. The largest absolute Gasteiger partial charge is 0.481 e. The molecule has 0 aliphatic carbocycles. The van der Waals surface area contributed by atoms with E-state index in [1.807, 2.05) is 0 Å². The van der Waals surface area contributed by atoms with Gasteiger partial charge in [-0.25, -0.2) is 0 Å². The summed E-state index contributed by atoms with van der Waals surface area (Å²) in [7, 11) is 0. The van der Waals surface area contributed by atoms with E-state index >= 15 is 0 Å². The van der Waals surface area contributed by atoms with Crippen molar-refractivity contribution in [2.75, 3.05) is 0 Å². The highest BCUT2D eigenvalue weighted by Crippen LogP contribution is 2.20. The highest BCUT2D eigenvalue weighted by Gasteiger charge is 2.20. The number of rotatable bonds is 5. The molecule has 1 atom stereocenters. The Balaban J connectivity index is 2.79. The van der Waals surface area contributed by atoms with Gasteiger partial charge in [-0.15, -0.1) is 0 Å². The average molecular weight is 266 g/mol. The third-order valence-corrected chi connectivity index (χ3v) is 2.83. The summed E-state index contributed by atoms with van der Waals surface area (Å²) in [4.78, 5) is 32.3. The Morgan fingerprint density at radius 3 is 2.63 bits per heavy atom. The van der Waals surface area contributed by atoms with Crippen LogP contribution in [0.5, 0.6) is 0 Å². The molecule has 19 heavy (non-hydrogen) atoms. The molecule has 1 unspecified atom stereocenters. The Hall–Kier alpha value is -2.44. The van der Waals surface area contributed by atoms with Crippen LogP contribution in [0, 0.1) is 23.0 Å². The van der Waals surface area contributed by atoms with Gasteiger partial charge in [0.05, 0.1) is 4.92 Å². The molecular formula is C12H14N2O5. The summed E-state index contributed by atoms with van der Waals surface area (Å²) in [5.74, 6) is -2.99. The van der Waals surface area contributed by atoms with E-state index in [1.54, 1.807) is 13.0 Å². The lowest BCUT2D eigenvalue weighted by Crippen LogP contribution is -2.33. The standard InChI is InChI=1S/C12H14N2O5/c1-7-9(4-3-5-10(7)14(18)19)6-13-11(15)8(2)12(16)17/h3-5,8H,6H2,1-2H3,(H,13,15)(H,16,17). The van der Waals surface area contributed by atoms with Gasteiger partial charge in [-0.2, -0.15) is 0 Å². The minimum absolute atomic E-state index is 0.0296. The predicted molar refractivity (Wildman–Crippen MR) is 66.5 cm³/mol. The van der Waals surface area contributed by atoms with Gasteiger partial charge >= 0.3 is 5.97 Å². The van der Waals surface area contributed by atoms with E-state index in [2.05, 4.69) is 5.32 Å². The second-order valence-electron chi connectivity index (χ2n) is 4.10. The van der Waals surface area contributed by atoms with Crippen LogP contribution < -0.4 is 5.32 Å². The van der Waals surface area contributed by atoms with Crippen LogP contribution in [0.1, 0.15) is 18.1 Å². The molecule has 0 saturated carbocycles. The van der Waals surface area contributed by atoms with Gasteiger partial charge in [-0.3, -0.25) is 19.7 Å². The zero-order chi connectivity index (χ0) is 14.6. The molecule has 0 saturated heterocycles. The van der Waals surface area contributed by atoms with Crippen molar-refractivity contribution < 1.29 is 19.6 Å². The fourth-order valence-electron chi connectivity index (χ4n) is 1.51. The molecule has 0 spiro atoms. The first kappa shape index (κ1) is 14.6. The van der Waals surface area contributed by atoms with Crippen molar-refractivity contribution in [3.05, 3.63) is 39.4 Å². The van der Waals surface area contributed by atoms with Crippen LogP contribution in [0.25, 0.3) is 0 Å². The zero-order valence-electron chi connectivity index (χ0n) is 10.5. The maximum Gasteiger partial charge on any atom is 0.315 e. The first-order valence-electron chi connectivity index (χ1n) is 5.58. The molecule has 1 aromatic rings. The first-order valence-corrected chi connectivity index (χ1v) is 5.58. The van der Waals surface area contributed by atoms with Crippen molar-refractivity contribution in [2.24, 2.45) is 5.92 Å².